The van der Waals surface area contributed by atoms with E-state index in [1.165, 1.54) is 0 Å². The number of carbonyl (C=O) groups excluding carboxylic acids is 1. The van der Waals surface area contributed by atoms with Crippen molar-refractivity contribution in [1.29, 1.82) is 0 Å². The van der Waals surface area contributed by atoms with Crippen molar-refractivity contribution in [1.82, 2.24) is 30.4 Å². The van der Waals surface area contributed by atoms with Crippen LogP contribution in [0.3, 0.4) is 0 Å². The molecule has 0 aliphatic heterocycles. The third kappa shape index (κ3) is 3.74. The number of nitrogens with zero attached hydrogens (tertiary/aromatic N) is 4. The maximum Gasteiger partial charge on any atom is 0.291 e. The predicted molar refractivity (Wildman–Crippen MR) is 87.7 cm³/mol. The van der Waals surface area contributed by atoms with E-state index in [-0.39, 0.29) is 15.8 Å². The molecular weight excluding hydrogens is 326 g/mol. The van der Waals surface area contributed by atoms with Gasteiger partial charge in [0, 0.05) is 26.0 Å². The number of carbonyl (C=O) groups is 1. The molecule has 0 aliphatic carbocycles. The minimum Gasteiger partial charge on any atom is -0.329 e. The molecule has 2 rings (SSSR count). The molecule has 0 atom stereocenters. The number of anilines is 1. The molecule has 2 aromatic heterocycles. The lowest BCUT2D eigenvalue weighted by atomic mass is 10.4. The van der Waals surface area contributed by atoms with E-state index < -0.39 is 5.91 Å². The lowest BCUT2D eigenvalue weighted by Crippen LogP contribution is -2.44. The van der Waals surface area contributed by atoms with Gasteiger partial charge < -0.3 is 5.32 Å². The summed E-state index contributed by atoms with van der Waals surface area (Å²) in [5.41, 5.74) is 6.72. The number of aromatic nitrogens is 4. The minimum absolute atomic E-state index is 0.136. The molecule has 2 aromatic rings. The van der Waals surface area contributed by atoms with Crippen molar-refractivity contribution in [2.24, 2.45) is 7.05 Å². The molecule has 0 radical (unpaired) electrons. The zero-order valence-electron chi connectivity index (χ0n) is 12.3. The van der Waals surface area contributed by atoms with Gasteiger partial charge in [-0.15, -0.1) is 0 Å². The van der Waals surface area contributed by atoms with Gasteiger partial charge in [0.25, 0.3) is 5.91 Å². The van der Waals surface area contributed by atoms with Crippen LogP contribution in [0.1, 0.15) is 23.1 Å². The average Bonchev–Trinajstić information content (AvgIpc) is 2.99. The van der Waals surface area contributed by atoms with E-state index in [1.54, 1.807) is 21.8 Å². The minimum atomic E-state index is -0.468. The van der Waals surface area contributed by atoms with Crippen LogP contribution in [-0.2, 0) is 13.6 Å². The Morgan fingerprint density at radius 1 is 1.36 bits per heavy atom. The second kappa shape index (κ2) is 6.75. The number of aryl methyl sites for hydroxylation is 3. The van der Waals surface area contributed by atoms with Crippen LogP contribution in [0.4, 0.5) is 5.69 Å². The molecule has 0 aliphatic rings. The lowest BCUT2D eigenvalue weighted by Gasteiger charge is -2.10. The molecule has 10 heteroatoms. The Labute approximate surface area is 137 Å². The van der Waals surface area contributed by atoms with E-state index in [0.29, 0.717) is 6.54 Å². The summed E-state index contributed by atoms with van der Waals surface area (Å²) >= 11 is 11.1. The van der Waals surface area contributed by atoms with Gasteiger partial charge in [0.1, 0.15) is 0 Å². The van der Waals surface area contributed by atoms with Crippen LogP contribution in [0, 0.1) is 6.92 Å². The van der Waals surface area contributed by atoms with E-state index >= 15 is 0 Å². The van der Waals surface area contributed by atoms with Crippen molar-refractivity contribution < 1.29 is 4.79 Å². The summed E-state index contributed by atoms with van der Waals surface area (Å²) in [6, 6.07) is 0. The van der Waals surface area contributed by atoms with Gasteiger partial charge in [-0.05, 0) is 26.1 Å². The topological polar surface area (TPSA) is 88.8 Å². The summed E-state index contributed by atoms with van der Waals surface area (Å²) in [5, 5.41) is 11.7. The smallest absolute Gasteiger partial charge is 0.291 e. The molecule has 0 aromatic carbocycles. The van der Waals surface area contributed by atoms with Gasteiger partial charge in [0.05, 0.1) is 16.4 Å². The first-order valence-electron chi connectivity index (χ1n) is 6.51. The van der Waals surface area contributed by atoms with Crippen molar-refractivity contribution in [3.05, 3.63) is 28.8 Å². The fraction of sp³-hybridized carbons (Fsp3) is 0.333. The van der Waals surface area contributed by atoms with E-state index in [9.17, 15) is 4.79 Å². The Kier molecular flexibility index (Phi) is 4.99. The molecule has 0 fully saturated rings. The summed E-state index contributed by atoms with van der Waals surface area (Å²) in [4.78, 5) is 12.0. The molecule has 22 heavy (non-hydrogen) atoms. The Morgan fingerprint density at radius 3 is 2.64 bits per heavy atom. The van der Waals surface area contributed by atoms with Crippen LogP contribution in [0.25, 0.3) is 0 Å². The third-order valence-corrected chi connectivity index (χ3v) is 3.29. The molecule has 1 amide bonds. The van der Waals surface area contributed by atoms with Gasteiger partial charge in [-0.25, -0.2) is 0 Å². The van der Waals surface area contributed by atoms with Gasteiger partial charge in [0.2, 0.25) is 0 Å². The van der Waals surface area contributed by atoms with Crippen LogP contribution >= 0.6 is 23.8 Å². The van der Waals surface area contributed by atoms with Crippen LogP contribution in [0.15, 0.2) is 12.4 Å². The Morgan fingerprint density at radius 2 is 2.09 bits per heavy atom. The quantitative estimate of drug-likeness (QED) is 0.575. The normalized spacial score (nSPS) is 10.4. The monoisotopic (exact) mass is 341 g/mol. The van der Waals surface area contributed by atoms with Crippen molar-refractivity contribution >= 4 is 40.5 Å². The van der Waals surface area contributed by atoms with E-state index in [0.717, 1.165) is 11.4 Å². The first kappa shape index (κ1) is 16.2. The molecule has 3 N–H and O–H groups in total. The zero-order chi connectivity index (χ0) is 16.3. The second-order valence-electron chi connectivity index (χ2n) is 4.52. The number of halogens is 1. The standard InChI is InChI=1S/C12H16ClN7OS/c1-4-20-5-8(13)10(18-20)11(21)15-16-12(22)14-9-6-19(3)17-7(9)2/h5-6H,4H2,1-3H3,(H,15,21)(H2,14,16,22). The number of amides is 1. The fourth-order valence-corrected chi connectivity index (χ4v) is 2.16. The highest BCUT2D eigenvalue weighted by Crippen LogP contribution is 2.13. The molecule has 0 saturated carbocycles. The molecule has 0 unspecified atom stereocenters. The van der Waals surface area contributed by atoms with E-state index in [4.69, 9.17) is 23.8 Å². The Hall–Kier alpha value is -2.13. The van der Waals surface area contributed by atoms with Crippen LogP contribution < -0.4 is 16.2 Å². The number of thiocarbonyl (C=S) groups is 1. The van der Waals surface area contributed by atoms with Crippen LogP contribution in [-0.4, -0.2) is 30.6 Å². The van der Waals surface area contributed by atoms with Crippen molar-refractivity contribution in [2.75, 3.05) is 5.32 Å². The average molecular weight is 342 g/mol. The molecular formula is C12H16ClN7OS. The van der Waals surface area contributed by atoms with Gasteiger partial charge in [0.15, 0.2) is 10.8 Å². The third-order valence-electron chi connectivity index (χ3n) is 2.81. The maximum absolute atomic E-state index is 12.0. The summed E-state index contributed by atoms with van der Waals surface area (Å²) in [5.74, 6) is -0.468. The zero-order valence-corrected chi connectivity index (χ0v) is 13.9. The largest absolute Gasteiger partial charge is 0.329 e. The SMILES string of the molecule is CCn1cc(Cl)c(C(=O)NNC(=S)Nc2cn(C)nc2C)n1. The van der Waals surface area contributed by atoms with Gasteiger partial charge in [-0.1, -0.05) is 11.6 Å². The number of hydrazine groups is 1. The molecule has 118 valence electrons. The molecule has 2 heterocycles. The summed E-state index contributed by atoms with van der Waals surface area (Å²) < 4.78 is 3.24. The number of hydrogen-bond acceptors (Lipinski definition) is 4. The molecule has 0 spiro atoms. The van der Waals surface area contributed by atoms with Crippen LogP contribution in [0.2, 0.25) is 5.02 Å². The molecule has 0 bridgehead atoms. The lowest BCUT2D eigenvalue weighted by molar-refractivity contribution is 0.0938. The highest BCUT2D eigenvalue weighted by atomic mass is 35.5. The van der Waals surface area contributed by atoms with E-state index in [2.05, 4.69) is 26.4 Å². The molecule has 0 saturated heterocycles. The maximum atomic E-state index is 12.0. The Bertz CT molecular complexity index is 708. The van der Waals surface area contributed by atoms with Gasteiger partial charge in [-0.3, -0.25) is 25.0 Å². The fourth-order valence-electron chi connectivity index (χ4n) is 1.76. The Balaban J connectivity index is 1.91. The summed E-state index contributed by atoms with van der Waals surface area (Å²) in [6.45, 7) is 4.37. The molecule has 8 nitrogen and oxygen atoms in total. The number of nitrogens with one attached hydrogen (secondary N) is 3. The predicted octanol–water partition coefficient (Wildman–Crippen LogP) is 1.23. The summed E-state index contributed by atoms with van der Waals surface area (Å²) in [7, 11) is 1.81. The number of hydrogen-bond donors (Lipinski definition) is 3. The second-order valence-corrected chi connectivity index (χ2v) is 5.33. The highest BCUT2D eigenvalue weighted by Gasteiger charge is 2.15. The van der Waals surface area contributed by atoms with Crippen LogP contribution in [0.5, 0.6) is 0 Å². The van der Waals surface area contributed by atoms with Crippen molar-refractivity contribution in [2.45, 2.75) is 20.4 Å². The number of rotatable bonds is 3. The highest BCUT2D eigenvalue weighted by molar-refractivity contribution is 7.80. The first-order valence-corrected chi connectivity index (χ1v) is 7.29. The first-order chi connectivity index (χ1) is 10.4. The van der Waals surface area contributed by atoms with Gasteiger partial charge >= 0.3 is 0 Å². The van der Waals surface area contributed by atoms with E-state index in [1.807, 2.05) is 20.9 Å². The van der Waals surface area contributed by atoms with Crippen molar-refractivity contribution in [3.63, 3.8) is 0 Å². The van der Waals surface area contributed by atoms with Gasteiger partial charge in [-0.2, -0.15) is 10.2 Å². The summed E-state index contributed by atoms with van der Waals surface area (Å²) in [6.07, 6.45) is 3.37. The van der Waals surface area contributed by atoms with Crippen molar-refractivity contribution in [3.8, 4) is 0 Å².